The quantitative estimate of drug-likeness (QED) is 0.474. The minimum Gasteiger partial charge on any atom is -0.326 e. The van der Waals surface area contributed by atoms with E-state index in [0.29, 0.717) is 12.2 Å². The van der Waals surface area contributed by atoms with Crippen LogP contribution in [-0.4, -0.2) is 21.6 Å². The number of thioether (sulfide) groups is 1. The van der Waals surface area contributed by atoms with Crippen LogP contribution in [0.1, 0.15) is 23.4 Å². The third kappa shape index (κ3) is 5.17. The molecule has 0 aliphatic rings. The van der Waals surface area contributed by atoms with Gasteiger partial charge in [0.2, 0.25) is 5.91 Å². The molecule has 138 valence electrons. The first-order chi connectivity index (χ1) is 13.0. The van der Waals surface area contributed by atoms with Crippen molar-refractivity contribution in [3.63, 3.8) is 0 Å². The molecule has 1 heterocycles. The van der Waals surface area contributed by atoms with Crippen molar-refractivity contribution in [2.45, 2.75) is 32.2 Å². The van der Waals surface area contributed by atoms with Crippen LogP contribution in [0.3, 0.4) is 0 Å². The van der Waals surface area contributed by atoms with Crippen LogP contribution in [0, 0.1) is 20.8 Å². The average Bonchev–Trinajstić information content (AvgIpc) is 2.66. The second-order valence-corrected chi connectivity index (χ2v) is 7.51. The van der Waals surface area contributed by atoms with E-state index in [0.717, 1.165) is 33.4 Å². The summed E-state index contributed by atoms with van der Waals surface area (Å²) in [6.45, 7) is 5.96. The lowest BCUT2D eigenvalue weighted by Gasteiger charge is -2.10. The molecular formula is C22H23N3OS. The van der Waals surface area contributed by atoms with Gasteiger partial charge in [-0.25, -0.2) is 9.97 Å². The number of hydrogen-bond donors (Lipinski definition) is 1. The zero-order valence-electron chi connectivity index (χ0n) is 15.8. The van der Waals surface area contributed by atoms with E-state index in [2.05, 4.69) is 15.3 Å². The van der Waals surface area contributed by atoms with Gasteiger partial charge in [-0.3, -0.25) is 4.79 Å². The second-order valence-electron chi connectivity index (χ2n) is 6.40. The number of anilines is 1. The minimum atomic E-state index is 0.0188. The fourth-order valence-electron chi connectivity index (χ4n) is 2.72. The molecule has 3 rings (SSSR count). The van der Waals surface area contributed by atoms with E-state index in [1.54, 1.807) is 11.8 Å². The zero-order chi connectivity index (χ0) is 19.2. The fraction of sp³-hybridized carbons (Fsp3) is 0.227. The maximum absolute atomic E-state index is 12.3. The number of hydrogen-bond acceptors (Lipinski definition) is 4. The second kappa shape index (κ2) is 8.82. The number of nitrogens with one attached hydrogen (secondary N) is 1. The van der Waals surface area contributed by atoms with Gasteiger partial charge < -0.3 is 5.32 Å². The van der Waals surface area contributed by atoms with Crippen molar-refractivity contribution in [2.75, 3.05) is 11.1 Å². The molecule has 0 saturated heterocycles. The molecule has 3 aromatic rings. The molecule has 1 amide bonds. The van der Waals surface area contributed by atoms with E-state index in [1.165, 1.54) is 5.56 Å². The number of aryl methyl sites for hydroxylation is 2. The monoisotopic (exact) mass is 377 g/mol. The molecule has 5 heteroatoms. The molecule has 0 atom stereocenters. The summed E-state index contributed by atoms with van der Waals surface area (Å²) in [5.74, 6) is 1.42. The molecule has 0 fully saturated rings. The Balaban J connectivity index is 1.59. The van der Waals surface area contributed by atoms with Crippen molar-refractivity contribution in [3.8, 4) is 11.3 Å². The van der Waals surface area contributed by atoms with E-state index in [-0.39, 0.29) is 5.91 Å². The van der Waals surface area contributed by atoms with Crippen LogP contribution in [0.4, 0.5) is 5.69 Å². The number of aromatic nitrogens is 2. The van der Waals surface area contributed by atoms with Gasteiger partial charge in [0, 0.05) is 23.4 Å². The summed E-state index contributed by atoms with van der Waals surface area (Å²) in [6, 6.07) is 18.0. The van der Waals surface area contributed by atoms with Gasteiger partial charge >= 0.3 is 0 Å². The van der Waals surface area contributed by atoms with Gasteiger partial charge in [-0.15, -0.1) is 11.8 Å². The largest absolute Gasteiger partial charge is 0.326 e. The summed E-state index contributed by atoms with van der Waals surface area (Å²) >= 11 is 1.58. The van der Waals surface area contributed by atoms with Gasteiger partial charge in [0.15, 0.2) is 0 Å². The van der Waals surface area contributed by atoms with Gasteiger partial charge in [0.05, 0.1) is 5.69 Å². The van der Waals surface area contributed by atoms with Crippen molar-refractivity contribution >= 4 is 23.4 Å². The highest BCUT2D eigenvalue weighted by Gasteiger charge is 2.08. The summed E-state index contributed by atoms with van der Waals surface area (Å²) < 4.78 is 0. The Hall–Kier alpha value is -2.66. The van der Waals surface area contributed by atoms with Crippen LogP contribution >= 0.6 is 11.8 Å². The summed E-state index contributed by atoms with van der Waals surface area (Å²) in [5.41, 5.74) is 5.14. The van der Waals surface area contributed by atoms with Crippen molar-refractivity contribution < 1.29 is 4.79 Å². The number of carbonyl (C=O) groups is 1. The lowest BCUT2D eigenvalue weighted by Crippen LogP contribution is -2.13. The van der Waals surface area contributed by atoms with E-state index in [1.807, 2.05) is 75.4 Å². The number of benzene rings is 2. The maximum atomic E-state index is 12.3. The number of amides is 1. The Kier molecular flexibility index (Phi) is 6.24. The topological polar surface area (TPSA) is 54.9 Å². The predicted molar refractivity (Wildman–Crippen MR) is 112 cm³/mol. The van der Waals surface area contributed by atoms with E-state index >= 15 is 0 Å². The molecule has 2 aromatic carbocycles. The zero-order valence-corrected chi connectivity index (χ0v) is 16.6. The fourth-order valence-corrected chi connectivity index (χ4v) is 3.61. The summed E-state index contributed by atoms with van der Waals surface area (Å²) in [6.07, 6.45) is 0.432. The highest BCUT2D eigenvalue weighted by atomic mass is 32.2. The highest BCUT2D eigenvalue weighted by molar-refractivity contribution is 7.99. The first-order valence-electron chi connectivity index (χ1n) is 8.93. The predicted octanol–water partition coefficient (Wildman–Crippen LogP) is 5.19. The molecule has 1 aromatic heterocycles. The Bertz CT molecular complexity index is 942. The van der Waals surface area contributed by atoms with Gasteiger partial charge in [-0.2, -0.15) is 0 Å². The summed E-state index contributed by atoms with van der Waals surface area (Å²) in [5, 5.41) is 3.89. The van der Waals surface area contributed by atoms with Crippen LogP contribution in [0.2, 0.25) is 0 Å². The third-order valence-corrected chi connectivity index (χ3v) is 5.25. The van der Waals surface area contributed by atoms with Gasteiger partial charge in [-0.05, 0) is 44.0 Å². The van der Waals surface area contributed by atoms with Crippen LogP contribution in [-0.2, 0) is 4.79 Å². The van der Waals surface area contributed by atoms with Crippen LogP contribution in [0.15, 0.2) is 59.6 Å². The molecular weight excluding hydrogens is 354 g/mol. The smallest absolute Gasteiger partial charge is 0.225 e. The molecule has 4 nitrogen and oxygen atoms in total. The Morgan fingerprint density at radius 3 is 2.56 bits per heavy atom. The van der Waals surface area contributed by atoms with Crippen LogP contribution < -0.4 is 5.32 Å². The highest BCUT2D eigenvalue weighted by Crippen LogP contribution is 2.24. The molecule has 1 N–H and O–H groups in total. The standard InChI is InChI=1S/C22H23N3OS/c1-15-8-7-11-19(16(15)2)25-21(26)12-13-27-22-14-20(23-17(3)24-22)18-9-5-4-6-10-18/h4-11,14H,12-13H2,1-3H3,(H,25,26). The van der Waals surface area contributed by atoms with Crippen molar-refractivity contribution in [1.82, 2.24) is 9.97 Å². The molecule has 0 spiro atoms. The first-order valence-corrected chi connectivity index (χ1v) is 9.91. The maximum Gasteiger partial charge on any atom is 0.225 e. The van der Waals surface area contributed by atoms with E-state index in [4.69, 9.17) is 0 Å². The van der Waals surface area contributed by atoms with Crippen molar-refractivity contribution in [3.05, 3.63) is 71.5 Å². The van der Waals surface area contributed by atoms with Gasteiger partial charge in [0.1, 0.15) is 10.9 Å². The third-order valence-electron chi connectivity index (χ3n) is 4.34. The Morgan fingerprint density at radius 1 is 1.00 bits per heavy atom. The molecule has 27 heavy (non-hydrogen) atoms. The summed E-state index contributed by atoms with van der Waals surface area (Å²) in [7, 11) is 0. The molecule has 0 bridgehead atoms. The lowest BCUT2D eigenvalue weighted by molar-refractivity contribution is -0.115. The van der Waals surface area contributed by atoms with Crippen LogP contribution in [0.5, 0.6) is 0 Å². The Morgan fingerprint density at radius 2 is 1.78 bits per heavy atom. The van der Waals surface area contributed by atoms with Crippen molar-refractivity contribution in [2.24, 2.45) is 0 Å². The molecule has 0 aliphatic carbocycles. The van der Waals surface area contributed by atoms with Gasteiger partial charge in [-0.1, -0.05) is 42.5 Å². The number of rotatable bonds is 6. The lowest BCUT2D eigenvalue weighted by atomic mass is 10.1. The first kappa shape index (κ1) is 19.1. The number of nitrogens with zero attached hydrogens (tertiary/aromatic N) is 2. The summed E-state index contributed by atoms with van der Waals surface area (Å²) in [4.78, 5) is 21.3. The Labute approximate surface area is 164 Å². The van der Waals surface area contributed by atoms with Crippen molar-refractivity contribution in [1.29, 1.82) is 0 Å². The normalized spacial score (nSPS) is 10.6. The molecule has 0 aliphatic heterocycles. The SMILES string of the molecule is Cc1nc(SCCC(=O)Nc2cccc(C)c2C)cc(-c2ccccc2)n1. The van der Waals surface area contributed by atoms with Gasteiger partial charge in [0.25, 0.3) is 0 Å². The number of carbonyl (C=O) groups excluding carboxylic acids is 1. The molecule has 0 saturated carbocycles. The molecule has 0 radical (unpaired) electrons. The van der Waals surface area contributed by atoms with E-state index in [9.17, 15) is 4.79 Å². The van der Waals surface area contributed by atoms with Crippen LogP contribution in [0.25, 0.3) is 11.3 Å². The molecule has 0 unspecified atom stereocenters. The minimum absolute atomic E-state index is 0.0188. The average molecular weight is 378 g/mol. The van der Waals surface area contributed by atoms with E-state index < -0.39 is 0 Å².